The molecule has 1 fully saturated rings. The molecule has 1 saturated heterocycles. The lowest BCUT2D eigenvalue weighted by molar-refractivity contribution is 0.0169. The second-order valence-corrected chi connectivity index (χ2v) is 7.23. The molecule has 6 nitrogen and oxygen atoms in total. The summed E-state index contributed by atoms with van der Waals surface area (Å²) in [5, 5.41) is 7.18. The molecule has 1 aromatic heterocycles. The number of aliphatic imine (C=N–C) groups is 1. The lowest BCUT2D eigenvalue weighted by Crippen LogP contribution is -2.46. The van der Waals surface area contributed by atoms with Gasteiger partial charge in [0.15, 0.2) is 5.96 Å². The number of halogens is 3. The highest BCUT2D eigenvalue weighted by Crippen LogP contribution is 2.22. The first-order chi connectivity index (χ1) is 14.2. The van der Waals surface area contributed by atoms with Crippen LogP contribution in [0, 0.1) is 5.82 Å². The second-order valence-electron chi connectivity index (χ2n) is 6.84. The molecule has 2 heterocycles. The minimum Gasteiger partial charge on any atom is -0.379 e. The number of guanidine groups is 1. The number of aromatic nitrogens is 1. The maximum absolute atomic E-state index is 13.8. The first kappa shape index (κ1) is 24.8. The molecule has 0 radical (unpaired) electrons. The van der Waals surface area contributed by atoms with E-state index in [9.17, 15) is 4.39 Å². The predicted molar refractivity (Wildman–Crippen MR) is 129 cm³/mol. The van der Waals surface area contributed by atoms with Gasteiger partial charge in [-0.3, -0.25) is 9.89 Å². The highest BCUT2D eigenvalue weighted by Gasteiger charge is 2.23. The van der Waals surface area contributed by atoms with Gasteiger partial charge in [0.2, 0.25) is 0 Å². The van der Waals surface area contributed by atoms with Crippen molar-refractivity contribution in [1.82, 2.24) is 20.5 Å². The molecule has 1 atom stereocenters. The van der Waals surface area contributed by atoms with Gasteiger partial charge in [0.1, 0.15) is 11.0 Å². The standard InChI is InChI=1S/C21H27ClFN5O.HI/c1-24-21(25-8-7-16-5-6-20(22)26-14-16)27-15-19(28-9-11-29-12-10-28)17-3-2-4-18(23)13-17;/h2-6,13-14,19H,7-12,15H2,1H3,(H2,24,25,27);1H. The molecule has 1 aromatic carbocycles. The highest BCUT2D eigenvalue weighted by molar-refractivity contribution is 14.0. The summed E-state index contributed by atoms with van der Waals surface area (Å²) in [5.74, 6) is 0.487. The summed E-state index contributed by atoms with van der Waals surface area (Å²) in [6.07, 6.45) is 2.58. The zero-order chi connectivity index (χ0) is 20.5. The molecular weight excluding hydrogens is 520 g/mol. The first-order valence-electron chi connectivity index (χ1n) is 9.78. The van der Waals surface area contributed by atoms with Crippen LogP contribution in [0.5, 0.6) is 0 Å². The maximum atomic E-state index is 13.8. The molecule has 0 spiro atoms. The molecule has 0 amide bonds. The van der Waals surface area contributed by atoms with Gasteiger partial charge in [-0.15, -0.1) is 24.0 Å². The number of benzene rings is 1. The maximum Gasteiger partial charge on any atom is 0.191 e. The van der Waals surface area contributed by atoms with E-state index >= 15 is 0 Å². The summed E-state index contributed by atoms with van der Waals surface area (Å²) in [5.41, 5.74) is 2.05. The van der Waals surface area contributed by atoms with Crippen LogP contribution in [-0.4, -0.2) is 62.3 Å². The number of hydrogen-bond donors (Lipinski definition) is 2. The van der Waals surface area contributed by atoms with Gasteiger partial charge in [-0.05, 0) is 35.7 Å². The third kappa shape index (κ3) is 7.64. The Morgan fingerprint density at radius 1 is 1.27 bits per heavy atom. The van der Waals surface area contributed by atoms with Crippen LogP contribution in [0.1, 0.15) is 17.2 Å². The molecule has 9 heteroatoms. The Kier molecular flexibility index (Phi) is 10.8. The van der Waals surface area contributed by atoms with E-state index in [1.807, 2.05) is 12.1 Å². The number of ether oxygens (including phenoxy) is 1. The molecule has 2 aromatic rings. The van der Waals surface area contributed by atoms with Gasteiger partial charge in [0.25, 0.3) is 0 Å². The van der Waals surface area contributed by atoms with Crippen molar-refractivity contribution in [1.29, 1.82) is 0 Å². The molecule has 30 heavy (non-hydrogen) atoms. The monoisotopic (exact) mass is 547 g/mol. The molecule has 0 bridgehead atoms. The van der Waals surface area contributed by atoms with E-state index in [1.165, 1.54) is 6.07 Å². The van der Waals surface area contributed by atoms with Gasteiger partial charge in [-0.1, -0.05) is 29.8 Å². The van der Waals surface area contributed by atoms with E-state index in [1.54, 1.807) is 31.4 Å². The molecule has 0 saturated carbocycles. The fraction of sp³-hybridized carbons (Fsp3) is 0.429. The summed E-state index contributed by atoms with van der Waals surface area (Å²) < 4.78 is 19.3. The molecular formula is C21H28ClFIN5O. The quantitative estimate of drug-likeness (QED) is 0.241. The lowest BCUT2D eigenvalue weighted by Gasteiger charge is -2.35. The number of hydrogen-bond acceptors (Lipinski definition) is 4. The Labute approximate surface area is 199 Å². The van der Waals surface area contributed by atoms with Gasteiger partial charge < -0.3 is 15.4 Å². The van der Waals surface area contributed by atoms with E-state index < -0.39 is 0 Å². The number of rotatable bonds is 7. The highest BCUT2D eigenvalue weighted by atomic mass is 127. The topological polar surface area (TPSA) is 61.8 Å². The Morgan fingerprint density at radius 2 is 2.07 bits per heavy atom. The van der Waals surface area contributed by atoms with Gasteiger partial charge >= 0.3 is 0 Å². The van der Waals surface area contributed by atoms with Gasteiger partial charge in [0.05, 0.1) is 19.3 Å². The van der Waals surface area contributed by atoms with E-state index in [-0.39, 0.29) is 35.8 Å². The zero-order valence-corrected chi connectivity index (χ0v) is 20.1. The van der Waals surface area contributed by atoms with Crippen LogP contribution in [0.2, 0.25) is 5.15 Å². The summed E-state index contributed by atoms with van der Waals surface area (Å²) in [7, 11) is 1.74. The Bertz CT molecular complexity index is 802. The van der Waals surface area contributed by atoms with Crippen molar-refractivity contribution in [2.45, 2.75) is 12.5 Å². The van der Waals surface area contributed by atoms with Crippen LogP contribution in [0.25, 0.3) is 0 Å². The number of nitrogens with one attached hydrogen (secondary N) is 2. The largest absolute Gasteiger partial charge is 0.379 e. The predicted octanol–water partition coefficient (Wildman–Crippen LogP) is 3.27. The van der Waals surface area contributed by atoms with E-state index in [0.29, 0.717) is 37.4 Å². The van der Waals surface area contributed by atoms with Crippen LogP contribution in [0.15, 0.2) is 47.6 Å². The van der Waals surface area contributed by atoms with Crippen molar-refractivity contribution < 1.29 is 9.13 Å². The Balaban J connectivity index is 0.00000320. The van der Waals surface area contributed by atoms with E-state index in [0.717, 1.165) is 30.6 Å². The molecule has 1 aliphatic heterocycles. The van der Waals surface area contributed by atoms with Crippen LogP contribution in [0.3, 0.4) is 0 Å². The molecule has 164 valence electrons. The van der Waals surface area contributed by atoms with Crippen LogP contribution < -0.4 is 10.6 Å². The zero-order valence-electron chi connectivity index (χ0n) is 17.0. The number of nitrogens with zero attached hydrogens (tertiary/aromatic N) is 3. The summed E-state index contributed by atoms with van der Waals surface area (Å²) in [4.78, 5) is 10.7. The SMILES string of the molecule is CN=C(NCCc1ccc(Cl)nc1)NCC(c1cccc(F)c1)N1CCOCC1.I. The Morgan fingerprint density at radius 3 is 2.73 bits per heavy atom. The van der Waals surface area contributed by atoms with E-state index in [2.05, 4.69) is 25.5 Å². The smallest absolute Gasteiger partial charge is 0.191 e. The molecule has 0 aliphatic carbocycles. The van der Waals surface area contributed by atoms with Crippen molar-refractivity contribution in [3.05, 3.63) is 64.7 Å². The van der Waals surface area contributed by atoms with Crippen molar-refractivity contribution in [2.24, 2.45) is 4.99 Å². The van der Waals surface area contributed by atoms with Crippen molar-refractivity contribution >= 4 is 41.5 Å². The average molecular weight is 548 g/mol. The van der Waals surface area contributed by atoms with Crippen LogP contribution in [-0.2, 0) is 11.2 Å². The Hall–Kier alpha value is -1.49. The minimum atomic E-state index is -0.222. The fourth-order valence-corrected chi connectivity index (χ4v) is 3.47. The van der Waals surface area contributed by atoms with Crippen LogP contribution in [0.4, 0.5) is 4.39 Å². The molecule has 2 N–H and O–H groups in total. The summed E-state index contributed by atoms with van der Waals surface area (Å²) >= 11 is 5.82. The third-order valence-electron chi connectivity index (χ3n) is 4.90. The van der Waals surface area contributed by atoms with Crippen molar-refractivity contribution in [3.63, 3.8) is 0 Å². The van der Waals surface area contributed by atoms with Crippen molar-refractivity contribution in [3.8, 4) is 0 Å². The molecule has 1 unspecified atom stereocenters. The van der Waals surface area contributed by atoms with Gasteiger partial charge in [0, 0.05) is 39.4 Å². The number of pyridine rings is 1. The van der Waals surface area contributed by atoms with Gasteiger partial charge in [-0.25, -0.2) is 9.37 Å². The van der Waals surface area contributed by atoms with E-state index in [4.69, 9.17) is 16.3 Å². The first-order valence-corrected chi connectivity index (χ1v) is 10.2. The molecule has 1 aliphatic rings. The number of morpholine rings is 1. The van der Waals surface area contributed by atoms with Crippen molar-refractivity contribution in [2.75, 3.05) is 46.4 Å². The summed E-state index contributed by atoms with van der Waals surface area (Å²) in [6.45, 7) is 4.34. The third-order valence-corrected chi connectivity index (χ3v) is 5.12. The normalized spacial score (nSPS) is 15.9. The van der Waals surface area contributed by atoms with Gasteiger partial charge in [-0.2, -0.15) is 0 Å². The average Bonchev–Trinajstić information content (AvgIpc) is 2.75. The lowest BCUT2D eigenvalue weighted by atomic mass is 10.0. The second kappa shape index (κ2) is 13.0. The van der Waals surface area contributed by atoms with Crippen LogP contribution >= 0.6 is 35.6 Å². The minimum absolute atomic E-state index is 0. The summed E-state index contributed by atoms with van der Waals surface area (Å²) in [6, 6.07) is 10.6. The fourth-order valence-electron chi connectivity index (χ4n) is 3.35. The molecule has 3 rings (SSSR count).